The summed E-state index contributed by atoms with van der Waals surface area (Å²) in [6, 6.07) is 0. The molecule has 6 heteroatoms. The van der Waals surface area contributed by atoms with Gasteiger partial charge in [-0.05, 0) is 0 Å². The molecule has 1 rings (SSSR count). The maximum Gasteiger partial charge on any atom is 0.318 e. The van der Waals surface area contributed by atoms with Crippen LogP contribution in [-0.2, 0) is 9.59 Å². The number of amides is 1. The largest absolute Gasteiger partial charge is 0.481 e. The third-order valence-electron chi connectivity index (χ3n) is 1.31. The molecule has 0 radical (unpaired) electrons. The predicted octanol–water partition coefficient (Wildman–Crippen LogP) is 1.99. The van der Waals surface area contributed by atoms with Gasteiger partial charge in [0.2, 0.25) is 5.91 Å². The van der Waals surface area contributed by atoms with Crippen molar-refractivity contribution in [2.24, 2.45) is 11.7 Å². The van der Waals surface area contributed by atoms with Crippen LogP contribution in [0.2, 0.25) is 0 Å². The molecule has 0 aromatic rings. The lowest BCUT2D eigenvalue weighted by Gasteiger charge is -2.27. The van der Waals surface area contributed by atoms with Gasteiger partial charge in [-0.2, -0.15) is 0 Å². The Morgan fingerprint density at radius 2 is 1.67 bits per heavy atom. The fourth-order valence-corrected chi connectivity index (χ4v) is 2.77. The zero-order valence-corrected chi connectivity index (χ0v) is 11.2. The smallest absolute Gasteiger partial charge is 0.318 e. The van der Waals surface area contributed by atoms with Crippen LogP contribution < -0.4 is 5.73 Å². The Bertz CT molecular complexity index is 182. The monoisotopic (exact) mass is 253 g/mol. The zero-order valence-electron chi connectivity index (χ0n) is 9.52. The van der Waals surface area contributed by atoms with Crippen molar-refractivity contribution in [3.8, 4) is 0 Å². The molecule has 1 atom stereocenters. The number of hydrogen-bond acceptors (Lipinski definition) is 4. The van der Waals surface area contributed by atoms with Crippen molar-refractivity contribution in [3.05, 3.63) is 0 Å². The fourth-order valence-electron chi connectivity index (χ4n) is 0.711. The maximum absolute atomic E-state index is 10.6. The SMILES string of the molecule is CC.CC.NC(=O)C(C(=O)O)C1SCS1. The number of carbonyl (C=O) groups is 2. The highest BCUT2D eigenvalue weighted by Gasteiger charge is 2.38. The first-order chi connectivity index (χ1) is 7.13. The van der Waals surface area contributed by atoms with Crippen LogP contribution in [0.1, 0.15) is 27.7 Å². The number of hydrogen-bond donors (Lipinski definition) is 2. The second kappa shape index (κ2) is 10.2. The zero-order chi connectivity index (χ0) is 12.4. The van der Waals surface area contributed by atoms with E-state index in [0.717, 1.165) is 5.08 Å². The Morgan fingerprint density at radius 1 is 1.27 bits per heavy atom. The lowest BCUT2D eigenvalue weighted by Crippen LogP contribution is -2.39. The minimum Gasteiger partial charge on any atom is -0.481 e. The first-order valence-electron chi connectivity index (χ1n) is 4.88. The van der Waals surface area contributed by atoms with Crippen molar-refractivity contribution in [3.63, 3.8) is 0 Å². The second-order valence-corrected chi connectivity index (χ2v) is 4.96. The van der Waals surface area contributed by atoms with E-state index in [0.29, 0.717) is 0 Å². The fraction of sp³-hybridized carbons (Fsp3) is 0.778. The standard InChI is InChI=1S/C5H7NO3S2.2C2H6/c6-3(7)2(4(8)9)5-10-1-11-5;2*1-2/h2,5H,1H2,(H2,6,7)(H,8,9);2*1-2H3. The highest BCUT2D eigenvalue weighted by atomic mass is 32.3. The molecule has 0 aromatic carbocycles. The first-order valence-corrected chi connectivity index (χ1v) is 6.98. The third-order valence-corrected chi connectivity index (χ3v) is 4.42. The molecule has 1 unspecified atom stereocenters. The van der Waals surface area contributed by atoms with Crippen LogP contribution >= 0.6 is 23.5 Å². The number of nitrogens with two attached hydrogens (primary N) is 1. The Morgan fingerprint density at radius 3 is 1.73 bits per heavy atom. The Kier molecular flexibility index (Phi) is 11.6. The maximum atomic E-state index is 10.6. The molecule has 1 heterocycles. The Balaban J connectivity index is 0. The number of carbonyl (C=O) groups excluding carboxylic acids is 1. The first kappa shape index (κ1) is 17.0. The number of primary amides is 1. The summed E-state index contributed by atoms with van der Waals surface area (Å²) in [6.45, 7) is 8.00. The van der Waals surface area contributed by atoms with Crippen molar-refractivity contribution in [1.29, 1.82) is 0 Å². The number of aliphatic carboxylic acids is 1. The number of rotatable bonds is 3. The molecule has 0 aromatic heterocycles. The topological polar surface area (TPSA) is 80.4 Å². The normalized spacial score (nSPS) is 15.7. The minimum absolute atomic E-state index is 0.176. The van der Waals surface area contributed by atoms with E-state index in [4.69, 9.17) is 10.8 Å². The number of carboxylic acid groups (broad SMARTS) is 1. The molecule has 1 aliphatic rings. The molecule has 1 amide bonds. The quantitative estimate of drug-likeness (QED) is 0.752. The summed E-state index contributed by atoms with van der Waals surface area (Å²) in [5, 5.41) is 9.40. The Labute approximate surface area is 99.4 Å². The average molecular weight is 253 g/mol. The van der Waals surface area contributed by atoms with E-state index in [2.05, 4.69) is 0 Å². The van der Waals surface area contributed by atoms with Crippen molar-refractivity contribution in [2.75, 3.05) is 5.08 Å². The molecule has 1 saturated heterocycles. The molecule has 0 spiro atoms. The van der Waals surface area contributed by atoms with Gasteiger partial charge in [0.05, 0.1) is 4.58 Å². The molecule has 15 heavy (non-hydrogen) atoms. The third kappa shape index (κ3) is 5.94. The van der Waals surface area contributed by atoms with Gasteiger partial charge in [0, 0.05) is 5.08 Å². The van der Waals surface area contributed by atoms with Crippen LogP contribution in [0.5, 0.6) is 0 Å². The molecule has 3 N–H and O–H groups in total. The van der Waals surface area contributed by atoms with Gasteiger partial charge < -0.3 is 10.8 Å². The number of thioether (sulfide) groups is 2. The predicted molar refractivity (Wildman–Crippen MR) is 66.9 cm³/mol. The van der Waals surface area contributed by atoms with E-state index in [-0.39, 0.29) is 4.58 Å². The van der Waals surface area contributed by atoms with Gasteiger partial charge in [-0.1, -0.05) is 27.7 Å². The summed E-state index contributed by atoms with van der Waals surface area (Å²) in [4.78, 5) is 21.0. The van der Waals surface area contributed by atoms with Gasteiger partial charge >= 0.3 is 5.97 Å². The summed E-state index contributed by atoms with van der Waals surface area (Å²) in [7, 11) is 0. The summed E-state index contributed by atoms with van der Waals surface area (Å²) < 4.78 is -0.176. The van der Waals surface area contributed by atoms with Crippen molar-refractivity contribution in [2.45, 2.75) is 32.3 Å². The van der Waals surface area contributed by atoms with E-state index >= 15 is 0 Å². The van der Waals surface area contributed by atoms with Gasteiger partial charge in [-0.15, -0.1) is 23.5 Å². The average Bonchev–Trinajstić information content (AvgIpc) is 2.16. The van der Waals surface area contributed by atoms with E-state index in [1.807, 2.05) is 27.7 Å². The molecule has 0 saturated carbocycles. The van der Waals surface area contributed by atoms with E-state index < -0.39 is 17.8 Å². The molecular formula is C9H19NO3S2. The highest BCUT2D eigenvalue weighted by Crippen LogP contribution is 2.43. The van der Waals surface area contributed by atoms with Gasteiger partial charge in [-0.3, -0.25) is 9.59 Å². The van der Waals surface area contributed by atoms with Crippen LogP contribution in [0.4, 0.5) is 0 Å². The van der Waals surface area contributed by atoms with E-state index in [9.17, 15) is 9.59 Å². The van der Waals surface area contributed by atoms with Gasteiger partial charge in [0.15, 0.2) is 5.92 Å². The number of carboxylic acids is 1. The molecule has 90 valence electrons. The van der Waals surface area contributed by atoms with Gasteiger partial charge in [-0.25, -0.2) is 0 Å². The molecule has 0 bridgehead atoms. The van der Waals surface area contributed by atoms with Crippen LogP contribution in [0.3, 0.4) is 0 Å². The highest BCUT2D eigenvalue weighted by molar-refractivity contribution is 8.32. The van der Waals surface area contributed by atoms with Crippen LogP contribution in [0, 0.1) is 5.92 Å². The van der Waals surface area contributed by atoms with Crippen LogP contribution in [0.15, 0.2) is 0 Å². The van der Waals surface area contributed by atoms with Crippen molar-refractivity contribution < 1.29 is 14.7 Å². The lowest BCUT2D eigenvalue weighted by molar-refractivity contribution is -0.145. The minimum atomic E-state index is -1.12. The summed E-state index contributed by atoms with van der Waals surface area (Å²) in [5.41, 5.74) is 4.90. The second-order valence-electron chi connectivity index (χ2n) is 2.04. The van der Waals surface area contributed by atoms with Crippen LogP contribution in [-0.4, -0.2) is 26.6 Å². The van der Waals surface area contributed by atoms with E-state index in [1.165, 1.54) is 23.5 Å². The molecule has 4 nitrogen and oxygen atoms in total. The Hall–Kier alpha value is -0.360. The van der Waals surface area contributed by atoms with Crippen LogP contribution in [0.25, 0.3) is 0 Å². The van der Waals surface area contributed by atoms with E-state index in [1.54, 1.807) is 0 Å². The molecule has 1 aliphatic heterocycles. The summed E-state index contributed by atoms with van der Waals surface area (Å²) >= 11 is 2.90. The van der Waals surface area contributed by atoms with Crippen molar-refractivity contribution >= 4 is 35.4 Å². The lowest BCUT2D eigenvalue weighted by atomic mass is 10.2. The van der Waals surface area contributed by atoms with Gasteiger partial charge in [0.1, 0.15) is 0 Å². The molecular weight excluding hydrogens is 234 g/mol. The molecule has 1 fully saturated rings. The summed E-state index contributed by atoms with van der Waals surface area (Å²) in [6.07, 6.45) is 0. The van der Waals surface area contributed by atoms with Gasteiger partial charge in [0.25, 0.3) is 0 Å². The van der Waals surface area contributed by atoms with Crippen molar-refractivity contribution in [1.82, 2.24) is 0 Å². The molecule has 0 aliphatic carbocycles. The summed E-state index contributed by atoms with van der Waals surface area (Å²) in [5.74, 6) is -2.90.